The minimum absolute atomic E-state index is 0.0218. The van der Waals surface area contributed by atoms with E-state index in [0.29, 0.717) is 28.9 Å². The lowest BCUT2D eigenvalue weighted by Gasteiger charge is -2.33. The maximum atomic E-state index is 13.5. The van der Waals surface area contributed by atoms with E-state index in [9.17, 15) is 4.79 Å². The van der Waals surface area contributed by atoms with E-state index in [2.05, 4.69) is 35.2 Å². The van der Waals surface area contributed by atoms with Gasteiger partial charge in [0.05, 0.1) is 18.3 Å². The maximum Gasteiger partial charge on any atom is 0.257 e. The van der Waals surface area contributed by atoms with Gasteiger partial charge in [-0.3, -0.25) is 9.69 Å². The van der Waals surface area contributed by atoms with Crippen molar-refractivity contribution in [2.45, 2.75) is 31.7 Å². The lowest BCUT2D eigenvalue weighted by atomic mass is 9.90. The van der Waals surface area contributed by atoms with Gasteiger partial charge in [-0.1, -0.05) is 83.9 Å². The Morgan fingerprint density at radius 3 is 2.29 bits per heavy atom. The Hall–Kier alpha value is -2.66. The summed E-state index contributed by atoms with van der Waals surface area (Å²) < 4.78 is 0. The summed E-state index contributed by atoms with van der Waals surface area (Å²) in [5, 5.41) is 7.78. The molecule has 0 saturated carbocycles. The third-order valence-corrected chi connectivity index (χ3v) is 7.62. The van der Waals surface area contributed by atoms with Crippen LogP contribution in [0.3, 0.4) is 0 Å². The number of hydrogen-bond donors (Lipinski definition) is 0. The molecule has 180 valence electrons. The largest absolute Gasteiger partial charge is 0.294 e. The number of nitrogens with zero attached hydrogens (tertiary/aromatic N) is 3. The van der Waals surface area contributed by atoms with Gasteiger partial charge in [0.15, 0.2) is 0 Å². The molecule has 0 unspecified atom stereocenters. The SMILES string of the molecule is O=C(CN1CCC(Cc2ccccc2)CC1)N1N=C(c2ccccc2Cl)C[C@H]1c1ccc(Cl)cc1. The molecule has 0 radical (unpaired) electrons. The molecule has 0 bridgehead atoms. The highest BCUT2D eigenvalue weighted by molar-refractivity contribution is 6.34. The van der Waals surface area contributed by atoms with Crippen LogP contribution in [0.2, 0.25) is 10.0 Å². The molecule has 0 aromatic heterocycles. The Morgan fingerprint density at radius 2 is 1.57 bits per heavy atom. The molecule has 0 spiro atoms. The Bertz CT molecular complexity index is 1190. The van der Waals surface area contributed by atoms with Gasteiger partial charge in [0.2, 0.25) is 0 Å². The molecule has 2 heterocycles. The first-order valence-electron chi connectivity index (χ1n) is 12.2. The molecular weight excluding hydrogens is 477 g/mol. The summed E-state index contributed by atoms with van der Waals surface area (Å²) in [6.45, 7) is 2.25. The van der Waals surface area contributed by atoms with E-state index < -0.39 is 0 Å². The Balaban J connectivity index is 1.28. The third kappa shape index (κ3) is 5.78. The first-order valence-corrected chi connectivity index (χ1v) is 13.0. The predicted octanol–water partition coefficient (Wildman–Crippen LogP) is 6.63. The third-order valence-electron chi connectivity index (χ3n) is 7.04. The minimum atomic E-state index is -0.165. The van der Waals surface area contributed by atoms with Gasteiger partial charge in [-0.25, -0.2) is 5.01 Å². The number of hydrogen-bond acceptors (Lipinski definition) is 3. The standard InChI is InChI=1S/C29H29Cl2N3O/c30-24-12-10-23(11-13-24)28-19-27(25-8-4-5-9-26(25)31)32-34(28)29(35)20-33-16-14-22(15-17-33)18-21-6-2-1-3-7-21/h1-13,22,28H,14-20H2/t28-/m0/s1. The molecule has 6 heteroatoms. The number of carbonyl (C=O) groups is 1. The summed E-state index contributed by atoms with van der Waals surface area (Å²) in [6, 6.07) is 25.9. The molecule has 2 aliphatic rings. The highest BCUT2D eigenvalue weighted by atomic mass is 35.5. The number of carbonyl (C=O) groups excluding carboxylic acids is 1. The van der Waals surface area contributed by atoms with Crippen LogP contribution in [-0.4, -0.2) is 41.2 Å². The smallest absolute Gasteiger partial charge is 0.257 e. The van der Waals surface area contributed by atoms with Crippen LogP contribution in [0.4, 0.5) is 0 Å². The first-order chi connectivity index (χ1) is 17.1. The highest BCUT2D eigenvalue weighted by Gasteiger charge is 2.34. The summed E-state index contributed by atoms with van der Waals surface area (Å²) in [5.74, 6) is 0.690. The van der Waals surface area contributed by atoms with E-state index in [1.54, 1.807) is 5.01 Å². The van der Waals surface area contributed by atoms with Gasteiger partial charge < -0.3 is 0 Å². The Kier molecular flexibility index (Phi) is 7.52. The van der Waals surface area contributed by atoms with Gasteiger partial charge in [0, 0.05) is 22.0 Å². The van der Waals surface area contributed by atoms with Crippen LogP contribution in [0.5, 0.6) is 0 Å². The summed E-state index contributed by atoms with van der Waals surface area (Å²) in [4.78, 5) is 15.8. The van der Waals surface area contributed by atoms with Gasteiger partial charge in [0.1, 0.15) is 0 Å². The van der Waals surface area contributed by atoms with Crippen LogP contribution in [0.1, 0.15) is 42.0 Å². The van der Waals surface area contributed by atoms with E-state index in [0.717, 1.165) is 49.2 Å². The molecule has 0 aliphatic carbocycles. The molecule has 1 saturated heterocycles. The number of piperidine rings is 1. The summed E-state index contributed by atoms with van der Waals surface area (Å²) in [6.07, 6.45) is 3.95. The number of halogens is 2. The maximum absolute atomic E-state index is 13.5. The summed E-state index contributed by atoms with van der Waals surface area (Å²) in [5.41, 5.74) is 4.14. The average molecular weight is 506 g/mol. The van der Waals surface area contributed by atoms with E-state index in [1.165, 1.54) is 5.56 Å². The second-order valence-electron chi connectivity index (χ2n) is 9.45. The lowest BCUT2D eigenvalue weighted by Crippen LogP contribution is -2.42. The summed E-state index contributed by atoms with van der Waals surface area (Å²) >= 11 is 12.6. The van der Waals surface area contributed by atoms with Gasteiger partial charge in [-0.15, -0.1) is 0 Å². The van der Waals surface area contributed by atoms with Crippen molar-refractivity contribution in [1.82, 2.24) is 9.91 Å². The average Bonchev–Trinajstić information content (AvgIpc) is 3.32. The fraction of sp³-hybridized carbons (Fsp3) is 0.310. The summed E-state index contributed by atoms with van der Waals surface area (Å²) in [7, 11) is 0. The number of likely N-dealkylation sites (tertiary alicyclic amines) is 1. The highest BCUT2D eigenvalue weighted by Crippen LogP contribution is 2.35. The van der Waals surface area contributed by atoms with Crippen molar-refractivity contribution in [3.05, 3.63) is 106 Å². The molecule has 1 atom stereocenters. The fourth-order valence-electron chi connectivity index (χ4n) is 5.10. The van der Waals surface area contributed by atoms with Crippen LogP contribution < -0.4 is 0 Å². The normalized spacial score (nSPS) is 19.1. The Labute approximate surface area is 217 Å². The quantitative estimate of drug-likeness (QED) is 0.377. The van der Waals surface area contributed by atoms with Crippen LogP contribution in [0.15, 0.2) is 84.0 Å². The van der Waals surface area contributed by atoms with Crippen molar-refractivity contribution in [1.29, 1.82) is 0 Å². The van der Waals surface area contributed by atoms with Gasteiger partial charge in [0.25, 0.3) is 5.91 Å². The zero-order valence-electron chi connectivity index (χ0n) is 19.6. The van der Waals surface area contributed by atoms with Gasteiger partial charge >= 0.3 is 0 Å². The molecule has 4 nitrogen and oxygen atoms in total. The zero-order valence-corrected chi connectivity index (χ0v) is 21.1. The van der Waals surface area contributed by atoms with Crippen molar-refractivity contribution in [2.24, 2.45) is 11.0 Å². The minimum Gasteiger partial charge on any atom is -0.294 e. The molecule has 2 aliphatic heterocycles. The zero-order chi connectivity index (χ0) is 24.2. The van der Waals surface area contributed by atoms with Crippen molar-refractivity contribution in [3.8, 4) is 0 Å². The first kappa shape index (κ1) is 24.1. The van der Waals surface area contributed by atoms with Crippen molar-refractivity contribution < 1.29 is 4.79 Å². The lowest BCUT2D eigenvalue weighted by molar-refractivity contribution is -0.134. The predicted molar refractivity (Wildman–Crippen MR) is 143 cm³/mol. The van der Waals surface area contributed by atoms with Crippen LogP contribution in [-0.2, 0) is 11.2 Å². The van der Waals surface area contributed by atoms with Gasteiger partial charge in [-0.05, 0) is 67.6 Å². The van der Waals surface area contributed by atoms with Crippen LogP contribution in [0, 0.1) is 5.92 Å². The molecule has 35 heavy (non-hydrogen) atoms. The molecule has 1 amide bonds. The number of benzene rings is 3. The number of amides is 1. The topological polar surface area (TPSA) is 35.9 Å². The molecule has 0 N–H and O–H groups in total. The van der Waals surface area contributed by atoms with Gasteiger partial charge in [-0.2, -0.15) is 5.10 Å². The molecule has 3 aromatic rings. The van der Waals surface area contributed by atoms with E-state index in [4.69, 9.17) is 28.3 Å². The molecule has 3 aromatic carbocycles. The van der Waals surface area contributed by atoms with E-state index in [1.807, 2.05) is 48.5 Å². The van der Waals surface area contributed by atoms with Crippen molar-refractivity contribution in [2.75, 3.05) is 19.6 Å². The van der Waals surface area contributed by atoms with Crippen LogP contribution >= 0.6 is 23.2 Å². The van der Waals surface area contributed by atoms with Crippen molar-refractivity contribution >= 4 is 34.8 Å². The second-order valence-corrected chi connectivity index (χ2v) is 10.3. The monoisotopic (exact) mass is 505 g/mol. The van der Waals surface area contributed by atoms with Crippen LogP contribution in [0.25, 0.3) is 0 Å². The van der Waals surface area contributed by atoms with Crippen molar-refractivity contribution in [3.63, 3.8) is 0 Å². The molecule has 1 fully saturated rings. The Morgan fingerprint density at radius 1 is 0.886 bits per heavy atom. The number of rotatable bonds is 6. The van der Waals surface area contributed by atoms with E-state index >= 15 is 0 Å². The number of hydrazone groups is 1. The molecule has 5 rings (SSSR count). The molecular formula is C29H29Cl2N3O. The fourth-order valence-corrected chi connectivity index (χ4v) is 5.47. The second kappa shape index (κ2) is 10.9. The van der Waals surface area contributed by atoms with E-state index in [-0.39, 0.29) is 11.9 Å².